The van der Waals surface area contributed by atoms with E-state index in [1.54, 1.807) is 0 Å². The van der Waals surface area contributed by atoms with Gasteiger partial charge in [0.25, 0.3) is 0 Å². The maximum atomic E-state index is 10.5. The third-order valence-corrected chi connectivity index (χ3v) is 3.79. The fourth-order valence-electron chi connectivity index (χ4n) is 2.66. The Morgan fingerprint density at radius 3 is 2.77 bits per heavy atom. The quantitative estimate of drug-likeness (QED) is 0.705. The first kappa shape index (κ1) is 11.0. The Morgan fingerprint density at radius 2 is 2.23 bits per heavy atom. The topological polar surface area (TPSA) is 46.2 Å². The number of rotatable bonds is 3. The van der Waals surface area contributed by atoms with Crippen LogP contribution in [-0.2, 0) is 0 Å². The van der Waals surface area contributed by atoms with Gasteiger partial charge in [0.15, 0.2) is 0 Å². The van der Waals surface area contributed by atoms with E-state index in [1.807, 2.05) is 0 Å². The Bertz CT molecular complexity index is 160. The molecule has 1 fully saturated rings. The van der Waals surface area contributed by atoms with Crippen molar-refractivity contribution in [1.82, 2.24) is 0 Å². The van der Waals surface area contributed by atoms with Gasteiger partial charge in [-0.2, -0.15) is 0 Å². The molecule has 0 saturated heterocycles. The standard InChI is InChI=1S/C11H23NO/c1-3-10-6-4-5-7-11(10,13)9(2)8-12/h9-10,13H,3-8,12H2,1-2H3. The molecule has 3 unspecified atom stereocenters. The zero-order chi connectivity index (χ0) is 9.90. The van der Waals surface area contributed by atoms with E-state index in [1.165, 1.54) is 12.8 Å². The Labute approximate surface area is 81.5 Å². The molecular formula is C11H23NO. The van der Waals surface area contributed by atoms with Gasteiger partial charge in [0.05, 0.1) is 5.60 Å². The van der Waals surface area contributed by atoms with Crippen molar-refractivity contribution in [3.8, 4) is 0 Å². The predicted molar refractivity (Wildman–Crippen MR) is 55.4 cm³/mol. The second kappa shape index (κ2) is 4.43. The molecule has 0 amide bonds. The molecule has 0 bridgehead atoms. The molecule has 1 aliphatic carbocycles. The predicted octanol–water partition coefficient (Wildman–Crippen LogP) is 1.91. The minimum absolute atomic E-state index is 0.248. The number of nitrogens with two attached hydrogens (primary N) is 1. The zero-order valence-corrected chi connectivity index (χ0v) is 8.92. The van der Waals surface area contributed by atoms with Gasteiger partial charge in [-0.05, 0) is 31.2 Å². The van der Waals surface area contributed by atoms with E-state index in [9.17, 15) is 5.11 Å². The Kier molecular flexibility index (Phi) is 3.74. The highest BCUT2D eigenvalue weighted by molar-refractivity contribution is 4.93. The fourth-order valence-corrected chi connectivity index (χ4v) is 2.66. The van der Waals surface area contributed by atoms with Crippen LogP contribution >= 0.6 is 0 Å². The molecule has 13 heavy (non-hydrogen) atoms. The van der Waals surface area contributed by atoms with Crippen LogP contribution in [0.1, 0.15) is 46.0 Å². The highest BCUT2D eigenvalue weighted by Crippen LogP contribution is 2.40. The van der Waals surface area contributed by atoms with Crippen molar-refractivity contribution < 1.29 is 5.11 Å². The summed E-state index contributed by atoms with van der Waals surface area (Å²) >= 11 is 0. The van der Waals surface area contributed by atoms with Crippen LogP contribution in [0.25, 0.3) is 0 Å². The molecule has 2 nitrogen and oxygen atoms in total. The Hall–Kier alpha value is -0.0800. The van der Waals surface area contributed by atoms with Crippen molar-refractivity contribution in [2.45, 2.75) is 51.6 Å². The van der Waals surface area contributed by atoms with Crippen LogP contribution in [0.3, 0.4) is 0 Å². The molecule has 0 aliphatic heterocycles. The van der Waals surface area contributed by atoms with Crippen LogP contribution in [0, 0.1) is 11.8 Å². The molecule has 1 rings (SSSR count). The largest absolute Gasteiger partial charge is 0.389 e. The molecular weight excluding hydrogens is 162 g/mol. The third kappa shape index (κ3) is 2.05. The van der Waals surface area contributed by atoms with E-state index < -0.39 is 5.60 Å². The number of hydrogen-bond acceptors (Lipinski definition) is 2. The average Bonchev–Trinajstić information content (AvgIpc) is 2.17. The first-order chi connectivity index (χ1) is 6.15. The molecule has 1 aliphatic rings. The van der Waals surface area contributed by atoms with Crippen LogP contribution < -0.4 is 5.73 Å². The molecule has 1 saturated carbocycles. The fraction of sp³-hybridized carbons (Fsp3) is 1.00. The van der Waals surface area contributed by atoms with Gasteiger partial charge in [-0.3, -0.25) is 0 Å². The molecule has 0 aromatic heterocycles. The summed E-state index contributed by atoms with van der Waals surface area (Å²) in [5, 5.41) is 10.5. The van der Waals surface area contributed by atoms with Gasteiger partial charge in [0.1, 0.15) is 0 Å². The summed E-state index contributed by atoms with van der Waals surface area (Å²) in [6.45, 7) is 4.85. The third-order valence-electron chi connectivity index (χ3n) is 3.79. The van der Waals surface area contributed by atoms with Gasteiger partial charge in [-0.25, -0.2) is 0 Å². The van der Waals surface area contributed by atoms with Crippen molar-refractivity contribution >= 4 is 0 Å². The van der Waals surface area contributed by atoms with E-state index >= 15 is 0 Å². The summed E-state index contributed by atoms with van der Waals surface area (Å²) in [5.74, 6) is 0.720. The summed E-state index contributed by atoms with van der Waals surface area (Å²) < 4.78 is 0. The monoisotopic (exact) mass is 185 g/mol. The van der Waals surface area contributed by atoms with E-state index in [-0.39, 0.29) is 5.92 Å². The van der Waals surface area contributed by atoms with Crippen LogP contribution in [0.15, 0.2) is 0 Å². The van der Waals surface area contributed by atoms with Crippen LogP contribution in [0.2, 0.25) is 0 Å². The summed E-state index contributed by atoms with van der Waals surface area (Å²) in [6, 6.07) is 0. The van der Waals surface area contributed by atoms with Crippen LogP contribution in [0.4, 0.5) is 0 Å². The van der Waals surface area contributed by atoms with E-state index in [0.29, 0.717) is 12.5 Å². The summed E-state index contributed by atoms with van der Waals surface area (Å²) in [5.41, 5.74) is 5.17. The molecule has 3 atom stereocenters. The van der Waals surface area contributed by atoms with Crippen molar-refractivity contribution in [3.63, 3.8) is 0 Å². The van der Waals surface area contributed by atoms with Crippen LogP contribution in [0.5, 0.6) is 0 Å². The SMILES string of the molecule is CCC1CCCCC1(O)C(C)CN. The van der Waals surface area contributed by atoms with Gasteiger partial charge >= 0.3 is 0 Å². The molecule has 2 heteroatoms. The first-order valence-corrected chi connectivity index (χ1v) is 5.57. The van der Waals surface area contributed by atoms with Gasteiger partial charge in [0, 0.05) is 0 Å². The van der Waals surface area contributed by atoms with Gasteiger partial charge in [-0.1, -0.05) is 33.1 Å². The second-order valence-corrected chi connectivity index (χ2v) is 4.48. The summed E-state index contributed by atoms with van der Waals surface area (Å²) in [6.07, 6.45) is 5.65. The Balaban J connectivity index is 2.70. The van der Waals surface area contributed by atoms with E-state index in [2.05, 4.69) is 13.8 Å². The van der Waals surface area contributed by atoms with Crippen molar-refractivity contribution in [3.05, 3.63) is 0 Å². The molecule has 0 heterocycles. The highest BCUT2D eigenvalue weighted by Gasteiger charge is 2.41. The van der Waals surface area contributed by atoms with Crippen molar-refractivity contribution in [2.24, 2.45) is 17.6 Å². The molecule has 0 aromatic carbocycles. The van der Waals surface area contributed by atoms with Gasteiger partial charge in [0.2, 0.25) is 0 Å². The van der Waals surface area contributed by atoms with Gasteiger partial charge in [-0.15, -0.1) is 0 Å². The molecule has 3 N–H and O–H groups in total. The Morgan fingerprint density at radius 1 is 1.54 bits per heavy atom. The second-order valence-electron chi connectivity index (χ2n) is 4.48. The normalized spacial score (nSPS) is 37.4. The highest BCUT2D eigenvalue weighted by atomic mass is 16.3. The lowest BCUT2D eigenvalue weighted by Gasteiger charge is -2.43. The zero-order valence-electron chi connectivity index (χ0n) is 8.92. The smallest absolute Gasteiger partial charge is 0.0713 e. The number of aliphatic hydroxyl groups is 1. The lowest BCUT2D eigenvalue weighted by atomic mass is 9.68. The molecule has 0 spiro atoms. The maximum Gasteiger partial charge on any atom is 0.0713 e. The minimum atomic E-state index is -0.470. The van der Waals surface area contributed by atoms with E-state index in [4.69, 9.17) is 5.73 Å². The molecule has 0 aromatic rings. The van der Waals surface area contributed by atoms with Crippen LogP contribution in [-0.4, -0.2) is 17.3 Å². The van der Waals surface area contributed by atoms with E-state index in [0.717, 1.165) is 19.3 Å². The lowest BCUT2D eigenvalue weighted by molar-refractivity contribution is -0.0882. The minimum Gasteiger partial charge on any atom is -0.389 e. The average molecular weight is 185 g/mol. The molecule has 0 radical (unpaired) electrons. The molecule has 78 valence electrons. The maximum absolute atomic E-state index is 10.5. The summed E-state index contributed by atoms with van der Waals surface area (Å²) in [4.78, 5) is 0. The lowest BCUT2D eigenvalue weighted by Crippen LogP contribution is -2.48. The first-order valence-electron chi connectivity index (χ1n) is 5.57. The number of hydrogen-bond donors (Lipinski definition) is 2. The van der Waals surface area contributed by atoms with Crippen molar-refractivity contribution in [2.75, 3.05) is 6.54 Å². The summed E-state index contributed by atoms with van der Waals surface area (Å²) in [7, 11) is 0. The van der Waals surface area contributed by atoms with Crippen molar-refractivity contribution in [1.29, 1.82) is 0 Å². The van der Waals surface area contributed by atoms with Gasteiger partial charge < -0.3 is 10.8 Å².